The second-order valence-corrected chi connectivity index (χ2v) is 3.65. The van der Waals surface area contributed by atoms with Crippen molar-refractivity contribution in [2.24, 2.45) is 0 Å². The molecule has 0 bridgehead atoms. The fourth-order valence-electron chi connectivity index (χ4n) is 2.04. The van der Waals surface area contributed by atoms with Crippen LogP contribution in [0.15, 0.2) is 0 Å². The van der Waals surface area contributed by atoms with Gasteiger partial charge in [0.15, 0.2) is 0 Å². The van der Waals surface area contributed by atoms with Crippen molar-refractivity contribution in [2.75, 3.05) is 13.6 Å². The average Bonchev–Trinajstić information content (AvgIpc) is 2.50. The lowest BCUT2D eigenvalue weighted by Gasteiger charge is -2.22. The molecule has 0 amide bonds. The van der Waals surface area contributed by atoms with Crippen molar-refractivity contribution >= 4 is 0 Å². The molecule has 0 saturated carbocycles. The fraction of sp³-hybridized carbons (Fsp3) is 0.778. The van der Waals surface area contributed by atoms with Gasteiger partial charge in [0.25, 0.3) is 0 Å². The summed E-state index contributed by atoms with van der Waals surface area (Å²) in [7, 11) is 1.99. The SMILES string of the molecule is CNCC1CCCn2c(C)nnc21. The quantitative estimate of drug-likeness (QED) is 0.728. The third kappa shape index (κ3) is 1.46. The molecule has 1 aliphatic rings. The van der Waals surface area contributed by atoms with Gasteiger partial charge in [-0.1, -0.05) is 0 Å². The number of aromatic nitrogens is 3. The molecular formula is C9H16N4. The van der Waals surface area contributed by atoms with Crippen molar-refractivity contribution < 1.29 is 0 Å². The van der Waals surface area contributed by atoms with Crippen LogP contribution in [0.25, 0.3) is 0 Å². The molecule has 0 radical (unpaired) electrons. The molecule has 0 fully saturated rings. The Balaban J connectivity index is 2.27. The highest BCUT2D eigenvalue weighted by Gasteiger charge is 2.22. The Morgan fingerprint density at radius 2 is 2.38 bits per heavy atom. The second kappa shape index (κ2) is 3.46. The van der Waals surface area contributed by atoms with Crippen molar-refractivity contribution in [1.29, 1.82) is 0 Å². The number of nitrogens with one attached hydrogen (secondary N) is 1. The van der Waals surface area contributed by atoms with Gasteiger partial charge in [0.1, 0.15) is 11.6 Å². The van der Waals surface area contributed by atoms with E-state index in [1.165, 1.54) is 12.8 Å². The Hall–Kier alpha value is -0.900. The van der Waals surface area contributed by atoms with Crippen LogP contribution in [0.2, 0.25) is 0 Å². The molecule has 2 rings (SSSR count). The first kappa shape index (κ1) is 8.69. The predicted molar refractivity (Wildman–Crippen MR) is 50.7 cm³/mol. The first-order chi connectivity index (χ1) is 6.33. The van der Waals surface area contributed by atoms with E-state index in [0.29, 0.717) is 5.92 Å². The maximum Gasteiger partial charge on any atom is 0.137 e. The third-order valence-electron chi connectivity index (χ3n) is 2.71. The van der Waals surface area contributed by atoms with Crippen molar-refractivity contribution in [3.8, 4) is 0 Å². The standard InChI is InChI=1S/C9H16N4/c1-7-11-12-9-8(6-10-2)4-3-5-13(7)9/h8,10H,3-6H2,1-2H3. The average molecular weight is 180 g/mol. The minimum absolute atomic E-state index is 0.556. The molecule has 0 spiro atoms. The van der Waals surface area contributed by atoms with E-state index in [9.17, 15) is 0 Å². The summed E-state index contributed by atoms with van der Waals surface area (Å²) in [4.78, 5) is 0. The maximum atomic E-state index is 4.23. The summed E-state index contributed by atoms with van der Waals surface area (Å²) in [6.45, 7) is 4.13. The molecule has 1 aromatic heterocycles. The fourth-order valence-corrected chi connectivity index (χ4v) is 2.04. The summed E-state index contributed by atoms with van der Waals surface area (Å²) in [6, 6.07) is 0. The zero-order chi connectivity index (χ0) is 9.26. The normalized spacial score (nSPS) is 21.5. The van der Waals surface area contributed by atoms with Gasteiger partial charge in [-0.05, 0) is 26.8 Å². The zero-order valence-corrected chi connectivity index (χ0v) is 8.25. The van der Waals surface area contributed by atoms with Gasteiger partial charge >= 0.3 is 0 Å². The summed E-state index contributed by atoms with van der Waals surface area (Å²) in [6.07, 6.45) is 2.48. The Bertz CT molecular complexity index is 292. The van der Waals surface area contributed by atoms with Gasteiger partial charge in [-0.2, -0.15) is 0 Å². The van der Waals surface area contributed by atoms with Crippen LogP contribution in [0.5, 0.6) is 0 Å². The molecule has 4 nitrogen and oxygen atoms in total. The van der Waals surface area contributed by atoms with E-state index >= 15 is 0 Å². The number of rotatable bonds is 2. The van der Waals surface area contributed by atoms with Crippen LogP contribution in [-0.2, 0) is 6.54 Å². The molecule has 1 unspecified atom stereocenters. The highest BCUT2D eigenvalue weighted by molar-refractivity contribution is 5.04. The van der Waals surface area contributed by atoms with Gasteiger partial charge in [0.05, 0.1) is 0 Å². The highest BCUT2D eigenvalue weighted by atomic mass is 15.3. The monoisotopic (exact) mass is 180 g/mol. The van der Waals surface area contributed by atoms with Crippen molar-refractivity contribution in [1.82, 2.24) is 20.1 Å². The van der Waals surface area contributed by atoms with Crippen LogP contribution in [0.3, 0.4) is 0 Å². The van der Waals surface area contributed by atoms with Crippen LogP contribution in [0.1, 0.15) is 30.4 Å². The summed E-state index contributed by atoms with van der Waals surface area (Å²) < 4.78 is 2.24. The van der Waals surface area contributed by atoms with Crippen molar-refractivity contribution in [3.05, 3.63) is 11.6 Å². The molecular weight excluding hydrogens is 164 g/mol. The Morgan fingerprint density at radius 1 is 1.54 bits per heavy atom. The van der Waals surface area contributed by atoms with Crippen LogP contribution in [0, 0.1) is 6.92 Å². The molecule has 4 heteroatoms. The zero-order valence-electron chi connectivity index (χ0n) is 8.25. The molecule has 1 aliphatic heterocycles. The van der Waals surface area contributed by atoms with Crippen LogP contribution in [-0.4, -0.2) is 28.4 Å². The van der Waals surface area contributed by atoms with E-state index in [-0.39, 0.29) is 0 Å². The summed E-state index contributed by atoms with van der Waals surface area (Å²) in [5.41, 5.74) is 0. The van der Waals surface area contributed by atoms with E-state index in [2.05, 4.69) is 20.1 Å². The van der Waals surface area contributed by atoms with Gasteiger partial charge in [0.2, 0.25) is 0 Å². The van der Waals surface area contributed by atoms with E-state index in [1.807, 2.05) is 14.0 Å². The number of aryl methyl sites for hydroxylation is 1. The van der Waals surface area contributed by atoms with Crippen molar-refractivity contribution in [2.45, 2.75) is 32.2 Å². The molecule has 0 aromatic carbocycles. The Labute approximate surface area is 78.4 Å². The summed E-state index contributed by atoms with van der Waals surface area (Å²) >= 11 is 0. The molecule has 72 valence electrons. The van der Waals surface area contributed by atoms with Crippen LogP contribution in [0.4, 0.5) is 0 Å². The second-order valence-electron chi connectivity index (χ2n) is 3.65. The third-order valence-corrected chi connectivity index (χ3v) is 2.71. The van der Waals surface area contributed by atoms with Gasteiger partial charge in [-0.25, -0.2) is 0 Å². The number of nitrogens with zero attached hydrogens (tertiary/aromatic N) is 3. The number of hydrogen-bond acceptors (Lipinski definition) is 3. The Kier molecular flexibility index (Phi) is 2.31. The molecule has 0 saturated heterocycles. The first-order valence-electron chi connectivity index (χ1n) is 4.87. The van der Waals surface area contributed by atoms with E-state index in [0.717, 1.165) is 24.7 Å². The minimum Gasteiger partial charge on any atom is -0.319 e. The number of hydrogen-bond donors (Lipinski definition) is 1. The maximum absolute atomic E-state index is 4.23. The highest BCUT2D eigenvalue weighted by Crippen LogP contribution is 2.25. The molecule has 13 heavy (non-hydrogen) atoms. The van der Waals surface area contributed by atoms with Gasteiger partial charge in [-0.15, -0.1) is 10.2 Å². The largest absolute Gasteiger partial charge is 0.319 e. The topological polar surface area (TPSA) is 42.7 Å². The van der Waals surface area contributed by atoms with Crippen molar-refractivity contribution in [3.63, 3.8) is 0 Å². The smallest absolute Gasteiger partial charge is 0.137 e. The van der Waals surface area contributed by atoms with Gasteiger partial charge in [0, 0.05) is 19.0 Å². The van der Waals surface area contributed by atoms with Crippen LogP contribution < -0.4 is 5.32 Å². The van der Waals surface area contributed by atoms with Crippen LogP contribution >= 0.6 is 0 Å². The Morgan fingerprint density at radius 3 is 3.15 bits per heavy atom. The lowest BCUT2D eigenvalue weighted by Crippen LogP contribution is -2.24. The van der Waals surface area contributed by atoms with Gasteiger partial charge < -0.3 is 9.88 Å². The number of likely N-dealkylation sites (N-methyl/N-ethyl adjacent to an activating group) is 1. The first-order valence-corrected chi connectivity index (χ1v) is 4.87. The predicted octanol–water partition coefficient (Wildman–Crippen LogP) is 0.683. The molecule has 2 heterocycles. The minimum atomic E-state index is 0.556. The lowest BCUT2D eigenvalue weighted by atomic mass is 9.99. The van der Waals surface area contributed by atoms with E-state index in [4.69, 9.17) is 0 Å². The number of fused-ring (bicyclic) bond motifs is 1. The molecule has 1 N–H and O–H groups in total. The van der Waals surface area contributed by atoms with E-state index in [1.54, 1.807) is 0 Å². The lowest BCUT2D eigenvalue weighted by molar-refractivity contribution is 0.428. The summed E-state index contributed by atoms with van der Waals surface area (Å²) in [5.74, 6) is 2.77. The molecule has 1 atom stereocenters. The molecule has 1 aromatic rings. The molecule has 0 aliphatic carbocycles. The van der Waals surface area contributed by atoms with Gasteiger partial charge in [-0.3, -0.25) is 0 Å². The summed E-state index contributed by atoms with van der Waals surface area (Å²) in [5, 5.41) is 11.6. The van der Waals surface area contributed by atoms with E-state index < -0.39 is 0 Å².